The van der Waals surface area contributed by atoms with Gasteiger partial charge in [0, 0.05) is 19.3 Å². The third kappa shape index (κ3) is 3.20. The minimum absolute atomic E-state index is 0.576. The Morgan fingerprint density at radius 3 is 2.82 bits per heavy atom. The number of nitrogens with zero attached hydrogens (tertiary/aromatic N) is 6. The molecule has 0 aromatic carbocycles. The van der Waals surface area contributed by atoms with Crippen LogP contribution >= 0.6 is 0 Å². The first kappa shape index (κ1) is 11.4. The highest BCUT2D eigenvalue weighted by Crippen LogP contribution is 2.01. The molecule has 0 radical (unpaired) electrons. The van der Waals surface area contributed by atoms with Crippen molar-refractivity contribution in [3.8, 4) is 0 Å². The van der Waals surface area contributed by atoms with E-state index in [0.29, 0.717) is 5.95 Å². The van der Waals surface area contributed by atoms with Gasteiger partial charge in [0.2, 0.25) is 5.95 Å². The summed E-state index contributed by atoms with van der Waals surface area (Å²) < 4.78 is 1.79. The third-order valence-electron chi connectivity index (χ3n) is 2.41. The minimum Gasteiger partial charge on any atom is -0.353 e. The molecule has 90 valence electrons. The van der Waals surface area contributed by atoms with Crippen molar-refractivity contribution in [1.82, 2.24) is 30.2 Å². The maximum atomic E-state index is 4.29. The number of hydrogen-bond acceptors (Lipinski definition) is 6. The lowest BCUT2D eigenvalue weighted by atomic mass is 10.4. The summed E-state index contributed by atoms with van der Waals surface area (Å²) in [4.78, 5) is 4.29. The normalized spacial score (nSPS) is 10.5. The summed E-state index contributed by atoms with van der Waals surface area (Å²) in [5.41, 5.74) is 1.76. The molecule has 0 amide bonds. The molecule has 2 aromatic heterocycles. The van der Waals surface area contributed by atoms with E-state index in [-0.39, 0.29) is 0 Å². The smallest absolute Gasteiger partial charge is 0.242 e. The van der Waals surface area contributed by atoms with E-state index in [1.807, 2.05) is 20.0 Å². The molecule has 0 atom stereocenters. The summed E-state index contributed by atoms with van der Waals surface area (Å²) >= 11 is 0. The molecule has 1 N–H and O–H groups in total. The van der Waals surface area contributed by atoms with Crippen LogP contribution in [0.3, 0.4) is 0 Å². The van der Waals surface area contributed by atoms with Crippen LogP contribution in [0.1, 0.15) is 17.8 Å². The molecule has 7 nitrogen and oxygen atoms in total. The number of rotatable bonds is 5. The molecule has 0 saturated heterocycles. The van der Waals surface area contributed by atoms with E-state index in [1.54, 1.807) is 10.9 Å². The molecule has 7 heteroatoms. The Hall–Kier alpha value is -2.05. The fraction of sp³-hybridized carbons (Fsp3) is 0.500. The van der Waals surface area contributed by atoms with E-state index >= 15 is 0 Å². The average Bonchev–Trinajstić information content (AvgIpc) is 2.82. The summed E-state index contributed by atoms with van der Waals surface area (Å²) in [6.45, 7) is 5.42. The zero-order valence-electron chi connectivity index (χ0n) is 9.96. The molecule has 17 heavy (non-hydrogen) atoms. The van der Waals surface area contributed by atoms with Gasteiger partial charge in [0.05, 0.1) is 17.6 Å². The van der Waals surface area contributed by atoms with Gasteiger partial charge in [-0.2, -0.15) is 5.10 Å². The molecular weight excluding hydrogens is 218 g/mol. The highest BCUT2D eigenvalue weighted by molar-refractivity contribution is 5.24. The van der Waals surface area contributed by atoms with Crippen molar-refractivity contribution < 1.29 is 0 Å². The summed E-state index contributed by atoms with van der Waals surface area (Å²) in [6, 6.07) is 0. The summed E-state index contributed by atoms with van der Waals surface area (Å²) in [7, 11) is 0. The Balaban J connectivity index is 1.76. The van der Waals surface area contributed by atoms with Gasteiger partial charge >= 0.3 is 0 Å². The molecule has 0 aliphatic carbocycles. The van der Waals surface area contributed by atoms with Crippen LogP contribution in [0.25, 0.3) is 0 Å². The van der Waals surface area contributed by atoms with Gasteiger partial charge < -0.3 is 5.32 Å². The zero-order valence-corrected chi connectivity index (χ0v) is 9.96. The van der Waals surface area contributed by atoms with Gasteiger partial charge in [0.1, 0.15) is 0 Å². The summed E-state index contributed by atoms with van der Waals surface area (Å²) in [6.07, 6.45) is 4.44. The largest absolute Gasteiger partial charge is 0.353 e. The third-order valence-corrected chi connectivity index (χ3v) is 2.41. The topological polar surface area (TPSA) is 81.4 Å². The van der Waals surface area contributed by atoms with E-state index in [2.05, 4.69) is 30.8 Å². The molecule has 0 fully saturated rings. The predicted octanol–water partition coefficient (Wildman–Crippen LogP) is 0.582. The molecule has 0 saturated carbocycles. The Bertz CT molecular complexity index is 466. The Morgan fingerprint density at radius 2 is 2.12 bits per heavy atom. The van der Waals surface area contributed by atoms with E-state index in [9.17, 15) is 0 Å². The quantitative estimate of drug-likeness (QED) is 0.761. The first-order valence-electron chi connectivity index (χ1n) is 5.51. The monoisotopic (exact) mass is 233 g/mol. The van der Waals surface area contributed by atoms with Crippen LogP contribution in [0.2, 0.25) is 0 Å². The lowest BCUT2D eigenvalue weighted by Gasteiger charge is -2.05. The van der Waals surface area contributed by atoms with E-state index in [0.717, 1.165) is 30.9 Å². The number of aryl methyl sites for hydroxylation is 3. The van der Waals surface area contributed by atoms with Crippen molar-refractivity contribution >= 4 is 5.95 Å². The molecular formula is C10H15N7. The van der Waals surface area contributed by atoms with Gasteiger partial charge in [-0.25, -0.2) is 4.98 Å². The first-order valence-corrected chi connectivity index (χ1v) is 5.51. The van der Waals surface area contributed by atoms with Gasteiger partial charge in [-0.1, -0.05) is 5.21 Å². The Labute approximate surface area is 99.3 Å². The second kappa shape index (κ2) is 5.33. The van der Waals surface area contributed by atoms with Crippen LogP contribution in [-0.2, 0) is 6.54 Å². The van der Waals surface area contributed by atoms with Crippen molar-refractivity contribution in [3.63, 3.8) is 0 Å². The van der Waals surface area contributed by atoms with Crippen molar-refractivity contribution in [2.45, 2.75) is 26.8 Å². The van der Waals surface area contributed by atoms with Crippen LogP contribution < -0.4 is 5.32 Å². The molecule has 0 aliphatic rings. The fourth-order valence-corrected chi connectivity index (χ4v) is 1.32. The second-order valence-corrected chi connectivity index (χ2v) is 3.75. The number of aromatic nitrogens is 6. The molecule has 2 rings (SSSR count). The van der Waals surface area contributed by atoms with Crippen LogP contribution in [0.4, 0.5) is 5.95 Å². The molecule has 0 aliphatic heterocycles. The lowest BCUT2D eigenvalue weighted by molar-refractivity contribution is 0.569. The zero-order chi connectivity index (χ0) is 12.1. The van der Waals surface area contributed by atoms with Crippen LogP contribution in [0, 0.1) is 13.8 Å². The van der Waals surface area contributed by atoms with Gasteiger partial charge in [-0.15, -0.1) is 10.2 Å². The summed E-state index contributed by atoms with van der Waals surface area (Å²) in [5.74, 6) is 0.576. The van der Waals surface area contributed by atoms with Crippen LogP contribution in [0.15, 0.2) is 12.4 Å². The van der Waals surface area contributed by atoms with Crippen LogP contribution in [-0.4, -0.2) is 36.7 Å². The van der Waals surface area contributed by atoms with Gasteiger partial charge in [0.15, 0.2) is 0 Å². The molecule has 0 bridgehead atoms. The van der Waals surface area contributed by atoms with Gasteiger partial charge in [-0.05, 0) is 20.3 Å². The average molecular weight is 233 g/mol. The SMILES string of the molecule is Cc1nnc(NCCCn2ccnn2)nc1C. The predicted molar refractivity (Wildman–Crippen MR) is 62.4 cm³/mol. The maximum Gasteiger partial charge on any atom is 0.242 e. The highest BCUT2D eigenvalue weighted by atomic mass is 15.4. The molecule has 0 unspecified atom stereocenters. The van der Waals surface area contributed by atoms with Crippen molar-refractivity contribution in [1.29, 1.82) is 0 Å². The Kier molecular flexibility index (Phi) is 3.59. The summed E-state index contributed by atoms with van der Waals surface area (Å²) in [5, 5.41) is 18.7. The molecule has 2 heterocycles. The fourth-order valence-electron chi connectivity index (χ4n) is 1.32. The van der Waals surface area contributed by atoms with Crippen molar-refractivity contribution in [3.05, 3.63) is 23.8 Å². The lowest BCUT2D eigenvalue weighted by Crippen LogP contribution is -2.11. The van der Waals surface area contributed by atoms with E-state index in [1.165, 1.54) is 0 Å². The number of hydrogen-bond donors (Lipinski definition) is 1. The minimum atomic E-state index is 0.576. The van der Waals surface area contributed by atoms with Crippen molar-refractivity contribution in [2.75, 3.05) is 11.9 Å². The van der Waals surface area contributed by atoms with Gasteiger partial charge in [0.25, 0.3) is 0 Å². The van der Waals surface area contributed by atoms with E-state index < -0.39 is 0 Å². The molecule has 0 spiro atoms. The van der Waals surface area contributed by atoms with Crippen LogP contribution in [0.5, 0.6) is 0 Å². The standard InChI is InChI=1S/C10H15N7/c1-8-9(2)14-15-10(13-8)11-4-3-6-17-7-5-12-16-17/h5,7H,3-4,6H2,1-2H3,(H,11,13,15). The maximum absolute atomic E-state index is 4.29. The second-order valence-electron chi connectivity index (χ2n) is 3.75. The number of anilines is 1. The van der Waals surface area contributed by atoms with E-state index in [4.69, 9.17) is 0 Å². The first-order chi connectivity index (χ1) is 8.25. The highest BCUT2D eigenvalue weighted by Gasteiger charge is 2.00. The Morgan fingerprint density at radius 1 is 1.24 bits per heavy atom. The van der Waals surface area contributed by atoms with Gasteiger partial charge in [-0.3, -0.25) is 4.68 Å². The van der Waals surface area contributed by atoms with Crippen molar-refractivity contribution in [2.24, 2.45) is 0 Å². The molecule has 2 aromatic rings. The number of nitrogens with one attached hydrogen (secondary N) is 1.